The Labute approximate surface area is 134 Å². The summed E-state index contributed by atoms with van der Waals surface area (Å²) in [6.45, 7) is 0. The van der Waals surface area contributed by atoms with Gasteiger partial charge in [-0.2, -0.15) is 5.10 Å². The number of thiophene rings is 1. The molecule has 2 atom stereocenters. The molecule has 2 aliphatic rings. The van der Waals surface area contributed by atoms with Crippen molar-refractivity contribution in [1.29, 1.82) is 0 Å². The fraction of sp³-hybridized carbons (Fsp3) is 0.412. The van der Waals surface area contributed by atoms with Crippen molar-refractivity contribution in [3.05, 3.63) is 46.9 Å². The number of rotatable bonds is 3. The van der Waals surface area contributed by atoms with Crippen LogP contribution in [0.5, 0.6) is 0 Å². The van der Waals surface area contributed by atoms with Crippen LogP contribution in [0.2, 0.25) is 0 Å². The number of carbonyl (C=O) groups is 1. The smallest absolute Gasteiger partial charge is 0.247 e. The van der Waals surface area contributed by atoms with Crippen molar-refractivity contribution in [2.75, 3.05) is 0 Å². The predicted molar refractivity (Wildman–Crippen MR) is 87.5 cm³/mol. The molecule has 114 valence electrons. The van der Waals surface area contributed by atoms with Crippen LogP contribution in [0.3, 0.4) is 0 Å². The van der Waals surface area contributed by atoms with Gasteiger partial charge in [-0.3, -0.25) is 9.48 Å². The average molecular weight is 313 g/mol. The molecule has 4 heterocycles. The lowest BCUT2D eigenvalue weighted by Crippen LogP contribution is -2.46. The highest BCUT2D eigenvalue weighted by Gasteiger charge is 2.43. The predicted octanol–water partition coefficient (Wildman–Crippen LogP) is 3.35. The highest BCUT2D eigenvalue weighted by Crippen LogP contribution is 2.40. The van der Waals surface area contributed by atoms with E-state index in [1.165, 1.54) is 0 Å². The van der Waals surface area contributed by atoms with Gasteiger partial charge >= 0.3 is 0 Å². The lowest BCUT2D eigenvalue weighted by atomic mass is 9.97. The molecule has 2 aromatic rings. The first kappa shape index (κ1) is 13.8. The highest BCUT2D eigenvalue weighted by atomic mass is 32.1. The number of nitrogens with zero attached hydrogens (tertiary/aromatic N) is 3. The number of hydrogen-bond acceptors (Lipinski definition) is 3. The summed E-state index contributed by atoms with van der Waals surface area (Å²) >= 11 is 1.66. The van der Waals surface area contributed by atoms with Crippen LogP contribution in [-0.2, 0) is 4.79 Å². The minimum atomic E-state index is 0.166. The topological polar surface area (TPSA) is 38.1 Å². The Balaban J connectivity index is 1.47. The van der Waals surface area contributed by atoms with Crippen molar-refractivity contribution < 1.29 is 4.79 Å². The maximum atomic E-state index is 12.6. The number of piperidine rings is 1. The molecule has 2 bridgehead atoms. The zero-order valence-corrected chi connectivity index (χ0v) is 13.2. The van der Waals surface area contributed by atoms with Gasteiger partial charge in [0.25, 0.3) is 0 Å². The van der Waals surface area contributed by atoms with Gasteiger partial charge in [-0.1, -0.05) is 6.07 Å². The Kier molecular flexibility index (Phi) is 3.58. The van der Waals surface area contributed by atoms with Crippen molar-refractivity contribution in [2.45, 2.75) is 43.8 Å². The molecule has 2 saturated heterocycles. The third-order valence-electron chi connectivity index (χ3n) is 4.80. The first-order valence-corrected chi connectivity index (χ1v) is 8.72. The summed E-state index contributed by atoms with van der Waals surface area (Å²) in [5.74, 6) is 0.166. The quantitative estimate of drug-likeness (QED) is 0.815. The zero-order valence-electron chi connectivity index (χ0n) is 12.3. The number of aromatic nitrogens is 2. The van der Waals surface area contributed by atoms with Gasteiger partial charge in [0.1, 0.15) is 0 Å². The molecule has 0 N–H and O–H groups in total. The van der Waals surface area contributed by atoms with E-state index in [0.717, 1.165) is 30.6 Å². The van der Waals surface area contributed by atoms with E-state index in [-0.39, 0.29) is 5.91 Å². The van der Waals surface area contributed by atoms with Gasteiger partial charge in [0.05, 0.1) is 6.04 Å². The van der Waals surface area contributed by atoms with Gasteiger partial charge in [-0.25, -0.2) is 0 Å². The number of amides is 1. The summed E-state index contributed by atoms with van der Waals surface area (Å²) in [7, 11) is 0. The van der Waals surface area contributed by atoms with Crippen LogP contribution in [0.25, 0.3) is 6.08 Å². The van der Waals surface area contributed by atoms with Gasteiger partial charge in [0, 0.05) is 35.4 Å². The van der Waals surface area contributed by atoms with Crippen molar-refractivity contribution in [1.82, 2.24) is 14.7 Å². The summed E-state index contributed by atoms with van der Waals surface area (Å²) in [5, 5.41) is 6.41. The molecular formula is C17H19N3OS. The van der Waals surface area contributed by atoms with E-state index in [1.54, 1.807) is 17.4 Å². The number of hydrogen-bond donors (Lipinski definition) is 0. The molecular weight excluding hydrogens is 294 g/mol. The summed E-state index contributed by atoms with van der Waals surface area (Å²) in [5.41, 5.74) is 0. The first-order valence-electron chi connectivity index (χ1n) is 7.84. The van der Waals surface area contributed by atoms with Crippen molar-refractivity contribution >= 4 is 23.3 Å². The van der Waals surface area contributed by atoms with Gasteiger partial charge in [-0.05, 0) is 49.3 Å². The van der Waals surface area contributed by atoms with Crippen molar-refractivity contribution in [3.8, 4) is 0 Å². The third-order valence-corrected chi connectivity index (χ3v) is 5.63. The van der Waals surface area contributed by atoms with Crippen molar-refractivity contribution in [3.63, 3.8) is 0 Å². The van der Waals surface area contributed by atoms with E-state index in [4.69, 9.17) is 0 Å². The Morgan fingerprint density at radius 2 is 2.05 bits per heavy atom. The minimum Gasteiger partial charge on any atom is -0.333 e. The Morgan fingerprint density at radius 1 is 1.23 bits per heavy atom. The molecule has 5 heteroatoms. The van der Waals surface area contributed by atoms with E-state index < -0.39 is 0 Å². The average Bonchev–Trinajstić information content (AvgIpc) is 3.25. The monoisotopic (exact) mass is 313 g/mol. The van der Waals surface area contributed by atoms with Gasteiger partial charge in [-0.15, -0.1) is 11.3 Å². The summed E-state index contributed by atoms with van der Waals surface area (Å²) in [4.78, 5) is 15.8. The van der Waals surface area contributed by atoms with E-state index in [0.29, 0.717) is 18.1 Å². The van der Waals surface area contributed by atoms with E-state index >= 15 is 0 Å². The second kappa shape index (κ2) is 5.72. The SMILES string of the molecule is O=C(/C=C/c1cccs1)N1C2CCC1CC(n1cccn1)C2. The Hall–Kier alpha value is -1.88. The molecule has 2 fully saturated rings. The molecule has 2 aromatic heterocycles. The second-order valence-corrected chi connectivity index (χ2v) is 7.07. The molecule has 0 saturated carbocycles. The molecule has 0 aliphatic carbocycles. The molecule has 0 radical (unpaired) electrons. The molecule has 4 rings (SSSR count). The fourth-order valence-corrected chi connectivity index (χ4v) is 4.46. The molecule has 2 aliphatic heterocycles. The molecule has 1 amide bonds. The standard InChI is InChI=1S/C17H19N3OS/c21-17(7-6-16-3-1-10-22-16)20-13-4-5-14(20)12-15(11-13)19-9-2-8-18-19/h1-3,6-10,13-15H,4-5,11-12H2/b7-6+. The lowest BCUT2D eigenvalue weighted by molar-refractivity contribution is -0.130. The van der Waals surface area contributed by atoms with Crippen LogP contribution in [0, 0.1) is 0 Å². The third kappa shape index (κ3) is 2.50. The molecule has 4 nitrogen and oxygen atoms in total. The Morgan fingerprint density at radius 3 is 2.68 bits per heavy atom. The first-order chi connectivity index (χ1) is 10.8. The lowest BCUT2D eigenvalue weighted by Gasteiger charge is -2.38. The molecule has 0 aromatic carbocycles. The van der Waals surface area contributed by atoms with Crippen LogP contribution < -0.4 is 0 Å². The van der Waals surface area contributed by atoms with Crippen LogP contribution >= 0.6 is 11.3 Å². The molecule has 2 unspecified atom stereocenters. The summed E-state index contributed by atoms with van der Waals surface area (Å²) in [6, 6.07) is 7.20. The number of carbonyl (C=O) groups excluding carboxylic acids is 1. The van der Waals surface area contributed by atoms with Crippen LogP contribution in [0.4, 0.5) is 0 Å². The van der Waals surface area contributed by atoms with Crippen LogP contribution in [0.1, 0.15) is 36.6 Å². The summed E-state index contributed by atoms with van der Waals surface area (Å²) in [6.07, 6.45) is 11.9. The van der Waals surface area contributed by atoms with Gasteiger partial charge < -0.3 is 4.90 Å². The van der Waals surface area contributed by atoms with E-state index in [1.807, 2.05) is 42.0 Å². The second-order valence-electron chi connectivity index (χ2n) is 6.09. The van der Waals surface area contributed by atoms with Crippen LogP contribution in [-0.4, -0.2) is 32.7 Å². The summed E-state index contributed by atoms with van der Waals surface area (Å²) < 4.78 is 2.06. The van der Waals surface area contributed by atoms with Crippen molar-refractivity contribution in [2.24, 2.45) is 0 Å². The van der Waals surface area contributed by atoms with E-state index in [2.05, 4.69) is 14.7 Å². The maximum Gasteiger partial charge on any atom is 0.247 e. The zero-order chi connectivity index (χ0) is 14.9. The molecule has 0 spiro atoms. The minimum absolute atomic E-state index is 0.166. The maximum absolute atomic E-state index is 12.6. The van der Waals surface area contributed by atoms with Gasteiger partial charge in [0.15, 0.2) is 0 Å². The number of fused-ring (bicyclic) bond motifs is 2. The Bertz CT molecular complexity index is 648. The fourth-order valence-electron chi connectivity index (χ4n) is 3.85. The van der Waals surface area contributed by atoms with E-state index in [9.17, 15) is 4.79 Å². The highest BCUT2D eigenvalue weighted by molar-refractivity contribution is 7.10. The van der Waals surface area contributed by atoms with Crippen LogP contribution in [0.15, 0.2) is 42.0 Å². The molecule has 22 heavy (non-hydrogen) atoms. The van der Waals surface area contributed by atoms with Gasteiger partial charge in [0.2, 0.25) is 5.91 Å². The normalized spacial score (nSPS) is 27.6. The largest absolute Gasteiger partial charge is 0.333 e.